The van der Waals surface area contributed by atoms with Gasteiger partial charge in [-0.2, -0.15) is 0 Å². The molecule has 1 aromatic rings. The number of nitrogen functional groups attached to an aromatic ring is 1. The van der Waals surface area contributed by atoms with Gasteiger partial charge in [0.25, 0.3) is 5.91 Å². The Balaban J connectivity index is 2.62. The second kappa shape index (κ2) is 7.30. The third-order valence-corrected chi connectivity index (χ3v) is 3.26. The van der Waals surface area contributed by atoms with Gasteiger partial charge < -0.3 is 15.8 Å². The number of hydrogen-bond acceptors (Lipinski definition) is 4. The number of rotatable bonds is 6. The van der Waals surface area contributed by atoms with E-state index < -0.39 is 28.8 Å². The molecule has 0 fully saturated rings. The normalized spacial score (nSPS) is 12.8. The summed E-state index contributed by atoms with van der Waals surface area (Å²) in [5.41, 5.74) is 5.26. The maximum atomic E-state index is 12.1. The SMILES string of the molecule is CS(=O)CCCNC(=O)c1ccc(OC(F)(F)F)c(N)c1. The lowest BCUT2D eigenvalue weighted by Crippen LogP contribution is -2.25. The van der Waals surface area contributed by atoms with Crippen LogP contribution in [-0.4, -0.2) is 35.0 Å². The first-order valence-electron chi connectivity index (χ1n) is 5.92. The lowest BCUT2D eigenvalue weighted by atomic mass is 10.1. The Morgan fingerprint density at radius 3 is 2.62 bits per heavy atom. The first-order chi connectivity index (χ1) is 9.69. The number of amides is 1. The lowest BCUT2D eigenvalue weighted by molar-refractivity contribution is -0.274. The molecule has 21 heavy (non-hydrogen) atoms. The first-order valence-corrected chi connectivity index (χ1v) is 7.65. The molecular formula is C12H15F3N2O3S. The van der Waals surface area contributed by atoms with Crippen LogP contribution in [0.4, 0.5) is 18.9 Å². The fraction of sp³-hybridized carbons (Fsp3) is 0.417. The Kier molecular flexibility index (Phi) is 6.01. The summed E-state index contributed by atoms with van der Waals surface area (Å²) >= 11 is 0. The molecule has 9 heteroatoms. The molecule has 0 aliphatic rings. The van der Waals surface area contributed by atoms with Crippen molar-refractivity contribution in [3.8, 4) is 5.75 Å². The number of carbonyl (C=O) groups is 1. The highest BCUT2D eigenvalue weighted by molar-refractivity contribution is 7.84. The van der Waals surface area contributed by atoms with E-state index in [2.05, 4.69) is 10.1 Å². The summed E-state index contributed by atoms with van der Waals surface area (Å²) in [7, 11) is -0.936. The van der Waals surface area contributed by atoms with Crippen LogP contribution in [0.5, 0.6) is 5.75 Å². The quantitative estimate of drug-likeness (QED) is 0.616. The lowest BCUT2D eigenvalue weighted by Gasteiger charge is -2.12. The second-order valence-electron chi connectivity index (χ2n) is 4.19. The number of benzene rings is 1. The van der Waals surface area contributed by atoms with Crippen LogP contribution < -0.4 is 15.8 Å². The minimum atomic E-state index is -4.84. The standard InChI is InChI=1S/C12H15F3N2O3S/c1-21(19)6-2-5-17-11(18)8-3-4-10(9(16)7-8)20-12(13,14)15/h3-4,7H,2,5-6,16H2,1H3,(H,17,18). The van der Waals surface area contributed by atoms with E-state index in [9.17, 15) is 22.2 Å². The highest BCUT2D eigenvalue weighted by Crippen LogP contribution is 2.28. The van der Waals surface area contributed by atoms with Crippen molar-refractivity contribution in [2.45, 2.75) is 12.8 Å². The fourth-order valence-electron chi connectivity index (χ4n) is 1.49. The van der Waals surface area contributed by atoms with Gasteiger partial charge in [-0.3, -0.25) is 9.00 Å². The molecule has 1 aromatic carbocycles. The van der Waals surface area contributed by atoms with E-state index >= 15 is 0 Å². The van der Waals surface area contributed by atoms with E-state index in [1.54, 1.807) is 6.26 Å². The minimum Gasteiger partial charge on any atom is -0.404 e. The highest BCUT2D eigenvalue weighted by atomic mass is 32.2. The van der Waals surface area contributed by atoms with Gasteiger partial charge in [-0.15, -0.1) is 13.2 Å². The zero-order valence-corrected chi connectivity index (χ0v) is 12.0. The van der Waals surface area contributed by atoms with Crippen LogP contribution >= 0.6 is 0 Å². The summed E-state index contributed by atoms with van der Waals surface area (Å²) in [6.07, 6.45) is -2.74. The molecule has 0 saturated carbocycles. The smallest absolute Gasteiger partial charge is 0.404 e. The molecule has 0 bridgehead atoms. The highest BCUT2D eigenvalue weighted by Gasteiger charge is 2.32. The van der Waals surface area contributed by atoms with Crippen LogP contribution in [0.1, 0.15) is 16.8 Å². The van der Waals surface area contributed by atoms with E-state index in [-0.39, 0.29) is 11.3 Å². The van der Waals surface area contributed by atoms with Gasteiger partial charge in [-0.05, 0) is 24.6 Å². The van der Waals surface area contributed by atoms with Crippen molar-refractivity contribution in [2.75, 3.05) is 24.3 Å². The molecule has 0 spiro atoms. The van der Waals surface area contributed by atoms with Crippen LogP contribution in [0.15, 0.2) is 18.2 Å². The zero-order chi connectivity index (χ0) is 16.0. The van der Waals surface area contributed by atoms with Gasteiger partial charge in [0.15, 0.2) is 5.75 Å². The summed E-state index contributed by atoms with van der Waals surface area (Å²) in [5, 5.41) is 2.56. The molecule has 1 rings (SSSR count). The van der Waals surface area contributed by atoms with Gasteiger partial charge in [0, 0.05) is 34.9 Å². The molecule has 1 amide bonds. The molecule has 0 aliphatic carbocycles. The van der Waals surface area contributed by atoms with Crippen molar-refractivity contribution in [3.05, 3.63) is 23.8 Å². The summed E-state index contributed by atoms with van der Waals surface area (Å²) in [4.78, 5) is 11.7. The maximum absolute atomic E-state index is 12.1. The fourth-order valence-corrected chi connectivity index (χ4v) is 2.04. The molecule has 5 nitrogen and oxygen atoms in total. The summed E-state index contributed by atoms with van der Waals surface area (Å²) in [6.45, 7) is 0.319. The van der Waals surface area contributed by atoms with Crippen molar-refractivity contribution in [3.63, 3.8) is 0 Å². The maximum Gasteiger partial charge on any atom is 0.573 e. The number of anilines is 1. The van der Waals surface area contributed by atoms with Crippen molar-refractivity contribution < 1.29 is 26.9 Å². The van der Waals surface area contributed by atoms with Crippen LogP contribution in [-0.2, 0) is 10.8 Å². The van der Waals surface area contributed by atoms with Crippen molar-refractivity contribution in [1.29, 1.82) is 0 Å². The molecule has 0 heterocycles. The van der Waals surface area contributed by atoms with Crippen molar-refractivity contribution in [2.24, 2.45) is 0 Å². The van der Waals surface area contributed by atoms with E-state index in [1.165, 1.54) is 6.07 Å². The molecule has 1 unspecified atom stereocenters. The van der Waals surface area contributed by atoms with Crippen molar-refractivity contribution in [1.82, 2.24) is 5.32 Å². The topological polar surface area (TPSA) is 81.4 Å². The molecule has 0 aliphatic heterocycles. The first kappa shape index (κ1) is 17.3. The monoisotopic (exact) mass is 324 g/mol. The Hall–Kier alpha value is -1.77. The van der Waals surface area contributed by atoms with Gasteiger partial charge in [0.2, 0.25) is 0 Å². The van der Waals surface area contributed by atoms with Gasteiger partial charge in [-0.25, -0.2) is 0 Å². The minimum absolute atomic E-state index is 0.125. The van der Waals surface area contributed by atoms with Gasteiger partial charge in [0.1, 0.15) is 0 Å². The molecule has 3 N–H and O–H groups in total. The van der Waals surface area contributed by atoms with E-state index in [4.69, 9.17) is 5.73 Å². The average Bonchev–Trinajstić information content (AvgIpc) is 2.35. The van der Waals surface area contributed by atoms with E-state index in [0.29, 0.717) is 18.7 Å². The molecule has 118 valence electrons. The van der Waals surface area contributed by atoms with Crippen molar-refractivity contribution >= 4 is 22.4 Å². The predicted octanol–water partition coefficient (Wildman–Crippen LogP) is 1.67. The Morgan fingerprint density at radius 2 is 2.10 bits per heavy atom. The summed E-state index contributed by atoms with van der Waals surface area (Å²) in [5.74, 6) is -0.566. The van der Waals surface area contributed by atoms with Gasteiger partial charge in [-0.1, -0.05) is 0 Å². The number of ether oxygens (including phenoxy) is 1. The summed E-state index contributed by atoms with van der Waals surface area (Å²) in [6, 6.07) is 3.28. The van der Waals surface area contributed by atoms with Crippen LogP contribution in [0.3, 0.4) is 0 Å². The summed E-state index contributed by atoms with van der Waals surface area (Å²) < 4.78 is 50.7. The van der Waals surface area contributed by atoms with E-state index in [0.717, 1.165) is 12.1 Å². The number of nitrogens with one attached hydrogen (secondary N) is 1. The zero-order valence-electron chi connectivity index (χ0n) is 11.2. The van der Waals surface area contributed by atoms with Crippen LogP contribution in [0.2, 0.25) is 0 Å². The number of nitrogens with two attached hydrogens (primary N) is 1. The van der Waals surface area contributed by atoms with Crippen LogP contribution in [0, 0.1) is 0 Å². The van der Waals surface area contributed by atoms with Gasteiger partial charge >= 0.3 is 6.36 Å². The number of halogens is 3. The molecule has 0 radical (unpaired) electrons. The van der Waals surface area contributed by atoms with Gasteiger partial charge in [0.05, 0.1) is 5.69 Å². The average molecular weight is 324 g/mol. The third kappa shape index (κ3) is 6.48. The Morgan fingerprint density at radius 1 is 1.43 bits per heavy atom. The molecule has 1 atom stereocenters. The Labute approximate surface area is 122 Å². The molecule has 0 aromatic heterocycles. The predicted molar refractivity (Wildman–Crippen MR) is 73.4 cm³/mol. The molecular weight excluding hydrogens is 309 g/mol. The third-order valence-electron chi connectivity index (χ3n) is 2.39. The largest absolute Gasteiger partial charge is 0.573 e. The molecule has 0 saturated heterocycles. The number of alkyl halides is 3. The second-order valence-corrected chi connectivity index (χ2v) is 5.74. The van der Waals surface area contributed by atoms with E-state index in [1.807, 2.05) is 0 Å². The number of carbonyl (C=O) groups excluding carboxylic acids is 1. The Bertz CT molecular complexity index is 535. The number of hydrogen-bond donors (Lipinski definition) is 2. The van der Waals surface area contributed by atoms with Crippen LogP contribution in [0.25, 0.3) is 0 Å².